The first-order chi connectivity index (χ1) is 16.9. The van der Waals surface area contributed by atoms with Crippen molar-refractivity contribution >= 4 is 23.5 Å². The second-order valence-corrected chi connectivity index (χ2v) is 7.95. The summed E-state index contributed by atoms with van der Waals surface area (Å²) in [5, 5.41) is 5.00. The van der Waals surface area contributed by atoms with Crippen LogP contribution in [-0.2, 0) is 27.4 Å². The molecule has 3 aromatic rings. The standard InChI is InChI=1S/C25H28ClN3O6/c1-5-35-25(31)21-13-27-29(19-9-7-18(26)8-10-19)22(21)15-28(16-24(30)34-4)14-17-6-11-20(32-2)12-23(17)33-3/h6-13H,5,14-16H2,1-4H3. The van der Waals surface area contributed by atoms with Gasteiger partial charge in [-0.15, -0.1) is 0 Å². The Labute approximate surface area is 209 Å². The number of halogens is 1. The number of esters is 2. The number of nitrogens with zero attached hydrogens (tertiary/aromatic N) is 3. The van der Waals surface area contributed by atoms with E-state index in [-0.39, 0.29) is 19.7 Å². The molecule has 0 atom stereocenters. The Hall–Kier alpha value is -3.56. The molecule has 1 heterocycles. The normalized spacial score (nSPS) is 10.8. The molecule has 2 aromatic carbocycles. The summed E-state index contributed by atoms with van der Waals surface area (Å²) in [6.07, 6.45) is 1.46. The van der Waals surface area contributed by atoms with E-state index in [9.17, 15) is 9.59 Å². The third kappa shape index (κ3) is 6.52. The van der Waals surface area contributed by atoms with Crippen LogP contribution in [0.3, 0.4) is 0 Å². The lowest BCUT2D eigenvalue weighted by Gasteiger charge is -2.23. The summed E-state index contributed by atoms with van der Waals surface area (Å²) in [5.74, 6) is 0.335. The zero-order valence-electron chi connectivity index (χ0n) is 20.1. The summed E-state index contributed by atoms with van der Waals surface area (Å²) in [6.45, 7) is 2.46. The minimum Gasteiger partial charge on any atom is -0.497 e. The molecule has 0 bridgehead atoms. The van der Waals surface area contributed by atoms with Crippen molar-refractivity contribution in [1.29, 1.82) is 0 Å². The molecule has 0 fully saturated rings. The predicted molar refractivity (Wildman–Crippen MR) is 130 cm³/mol. The summed E-state index contributed by atoms with van der Waals surface area (Å²) in [4.78, 5) is 26.8. The van der Waals surface area contributed by atoms with Gasteiger partial charge in [0.15, 0.2) is 0 Å². The molecule has 35 heavy (non-hydrogen) atoms. The summed E-state index contributed by atoms with van der Waals surface area (Å²) in [5.41, 5.74) is 2.40. The average molecular weight is 502 g/mol. The van der Waals surface area contributed by atoms with Crippen LogP contribution in [0.25, 0.3) is 5.69 Å². The molecular weight excluding hydrogens is 474 g/mol. The highest BCUT2D eigenvalue weighted by molar-refractivity contribution is 6.30. The molecule has 0 aliphatic carbocycles. The number of aromatic nitrogens is 2. The summed E-state index contributed by atoms with van der Waals surface area (Å²) < 4.78 is 22.6. The number of rotatable bonds is 11. The van der Waals surface area contributed by atoms with Gasteiger partial charge in [0.05, 0.1) is 52.1 Å². The predicted octanol–water partition coefficient (Wildman–Crippen LogP) is 3.89. The third-order valence-corrected chi connectivity index (χ3v) is 5.53. The van der Waals surface area contributed by atoms with Crippen LogP contribution in [0, 0.1) is 0 Å². The molecule has 0 saturated carbocycles. The molecule has 0 aliphatic heterocycles. The fourth-order valence-corrected chi connectivity index (χ4v) is 3.69. The van der Waals surface area contributed by atoms with Crippen molar-refractivity contribution < 1.29 is 28.5 Å². The molecule has 0 amide bonds. The first kappa shape index (κ1) is 26.1. The van der Waals surface area contributed by atoms with Gasteiger partial charge in [-0.05, 0) is 37.3 Å². The fraction of sp³-hybridized carbons (Fsp3) is 0.320. The van der Waals surface area contributed by atoms with Gasteiger partial charge in [-0.1, -0.05) is 17.7 Å². The minimum absolute atomic E-state index is 0.0280. The second-order valence-electron chi connectivity index (χ2n) is 7.51. The van der Waals surface area contributed by atoms with Crippen molar-refractivity contribution in [3.63, 3.8) is 0 Å². The van der Waals surface area contributed by atoms with E-state index in [1.165, 1.54) is 13.3 Å². The third-order valence-electron chi connectivity index (χ3n) is 5.28. The Kier molecular flexibility index (Phi) is 9.11. The number of carbonyl (C=O) groups excluding carboxylic acids is 2. The average Bonchev–Trinajstić information content (AvgIpc) is 3.28. The van der Waals surface area contributed by atoms with Crippen molar-refractivity contribution in [2.45, 2.75) is 20.0 Å². The zero-order valence-corrected chi connectivity index (χ0v) is 20.9. The van der Waals surface area contributed by atoms with Gasteiger partial charge in [0.2, 0.25) is 0 Å². The number of carbonyl (C=O) groups is 2. The lowest BCUT2D eigenvalue weighted by Crippen LogP contribution is -2.31. The lowest BCUT2D eigenvalue weighted by molar-refractivity contribution is -0.142. The fourth-order valence-electron chi connectivity index (χ4n) is 3.56. The van der Waals surface area contributed by atoms with Crippen LogP contribution in [0.15, 0.2) is 48.7 Å². The maximum Gasteiger partial charge on any atom is 0.341 e. The van der Waals surface area contributed by atoms with Crippen LogP contribution >= 0.6 is 11.6 Å². The highest BCUT2D eigenvalue weighted by Crippen LogP contribution is 2.27. The van der Waals surface area contributed by atoms with E-state index in [4.69, 9.17) is 30.5 Å². The van der Waals surface area contributed by atoms with Gasteiger partial charge in [-0.3, -0.25) is 9.69 Å². The van der Waals surface area contributed by atoms with Crippen molar-refractivity contribution in [2.24, 2.45) is 0 Å². The monoisotopic (exact) mass is 501 g/mol. The first-order valence-electron chi connectivity index (χ1n) is 10.9. The van der Waals surface area contributed by atoms with Crippen molar-refractivity contribution in [3.05, 3.63) is 70.5 Å². The van der Waals surface area contributed by atoms with Crippen LogP contribution in [0.2, 0.25) is 5.02 Å². The molecule has 0 saturated heterocycles. The molecule has 3 rings (SSSR count). The largest absolute Gasteiger partial charge is 0.497 e. The van der Waals surface area contributed by atoms with Crippen molar-refractivity contribution in [1.82, 2.24) is 14.7 Å². The van der Waals surface area contributed by atoms with Gasteiger partial charge < -0.3 is 18.9 Å². The van der Waals surface area contributed by atoms with Gasteiger partial charge in [-0.2, -0.15) is 5.10 Å². The number of benzene rings is 2. The molecule has 1 aromatic heterocycles. The second kappa shape index (κ2) is 12.2. The number of ether oxygens (including phenoxy) is 4. The van der Waals surface area contributed by atoms with Crippen LogP contribution in [-0.4, -0.2) is 61.1 Å². The Morgan fingerprint density at radius 2 is 1.77 bits per heavy atom. The Bertz CT molecular complexity index is 1160. The van der Waals surface area contributed by atoms with E-state index in [0.29, 0.717) is 40.0 Å². The van der Waals surface area contributed by atoms with Gasteiger partial charge in [0.1, 0.15) is 17.1 Å². The van der Waals surface area contributed by atoms with Gasteiger partial charge in [-0.25, -0.2) is 9.48 Å². The van der Waals surface area contributed by atoms with E-state index in [1.807, 2.05) is 17.0 Å². The van der Waals surface area contributed by atoms with E-state index >= 15 is 0 Å². The van der Waals surface area contributed by atoms with Crippen LogP contribution in [0.4, 0.5) is 0 Å². The highest BCUT2D eigenvalue weighted by Gasteiger charge is 2.24. The Morgan fingerprint density at radius 1 is 1.03 bits per heavy atom. The molecular formula is C25H28ClN3O6. The quantitative estimate of drug-likeness (QED) is 0.365. The van der Waals surface area contributed by atoms with E-state index in [2.05, 4.69) is 5.10 Å². The maximum atomic E-state index is 12.7. The first-order valence-corrected chi connectivity index (χ1v) is 11.3. The smallest absolute Gasteiger partial charge is 0.341 e. The number of hydrogen-bond donors (Lipinski definition) is 0. The molecule has 0 spiro atoms. The minimum atomic E-state index is -0.497. The summed E-state index contributed by atoms with van der Waals surface area (Å²) >= 11 is 6.05. The highest BCUT2D eigenvalue weighted by atomic mass is 35.5. The summed E-state index contributed by atoms with van der Waals surface area (Å²) in [7, 11) is 4.47. The van der Waals surface area contributed by atoms with Crippen LogP contribution in [0.5, 0.6) is 11.5 Å². The SMILES string of the molecule is CCOC(=O)c1cnn(-c2ccc(Cl)cc2)c1CN(CC(=O)OC)Cc1ccc(OC)cc1OC. The zero-order chi connectivity index (χ0) is 25.4. The summed E-state index contributed by atoms with van der Waals surface area (Å²) in [6, 6.07) is 12.5. The van der Waals surface area contributed by atoms with E-state index in [1.54, 1.807) is 56.2 Å². The van der Waals surface area contributed by atoms with Crippen LogP contribution in [0.1, 0.15) is 28.5 Å². The molecule has 0 unspecified atom stereocenters. The van der Waals surface area contributed by atoms with E-state index in [0.717, 1.165) is 5.56 Å². The lowest BCUT2D eigenvalue weighted by atomic mass is 10.1. The van der Waals surface area contributed by atoms with Gasteiger partial charge in [0.25, 0.3) is 0 Å². The number of hydrogen-bond acceptors (Lipinski definition) is 8. The Morgan fingerprint density at radius 3 is 2.40 bits per heavy atom. The topological polar surface area (TPSA) is 92.1 Å². The van der Waals surface area contributed by atoms with Gasteiger partial charge in [0, 0.05) is 29.7 Å². The van der Waals surface area contributed by atoms with Crippen molar-refractivity contribution in [3.8, 4) is 17.2 Å². The number of methoxy groups -OCH3 is 3. The molecule has 0 N–H and O–H groups in total. The molecule has 10 heteroatoms. The van der Waals surface area contributed by atoms with Gasteiger partial charge >= 0.3 is 11.9 Å². The molecule has 9 nitrogen and oxygen atoms in total. The molecule has 186 valence electrons. The maximum absolute atomic E-state index is 12.7. The molecule has 0 aliphatic rings. The van der Waals surface area contributed by atoms with E-state index < -0.39 is 11.9 Å². The van der Waals surface area contributed by atoms with Crippen molar-refractivity contribution in [2.75, 3.05) is 34.5 Å². The molecule has 0 radical (unpaired) electrons. The van der Waals surface area contributed by atoms with Crippen LogP contribution < -0.4 is 9.47 Å². The Balaban J connectivity index is 2.02.